The summed E-state index contributed by atoms with van der Waals surface area (Å²) in [7, 11) is 0. The Labute approximate surface area is 223 Å². The highest BCUT2D eigenvalue weighted by Gasteiger charge is 2.35. The van der Waals surface area contributed by atoms with Gasteiger partial charge in [0.15, 0.2) is 0 Å². The van der Waals surface area contributed by atoms with E-state index in [0.717, 1.165) is 29.2 Å². The Hall–Kier alpha value is -2.56. The Morgan fingerprint density at radius 1 is 1.06 bits per heavy atom. The summed E-state index contributed by atoms with van der Waals surface area (Å²) < 4.78 is 5.44. The van der Waals surface area contributed by atoms with Crippen molar-refractivity contribution < 1.29 is 14.3 Å². The highest BCUT2D eigenvalue weighted by molar-refractivity contribution is 7.12. The molecule has 1 atom stereocenters. The Balaban J connectivity index is 1.37. The second kappa shape index (κ2) is 11.7. The van der Waals surface area contributed by atoms with Gasteiger partial charge in [-0.3, -0.25) is 14.5 Å². The standard InChI is InChI=1S/C26H27ClN4O3S2/c27-20-7-5-19(6-8-20)22-17-21(23-3-1-15-35-23)28-31(22)25(32)18-30(26(33)24-4-2-16-36-24)10-9-29-11-13-34-14-12-29/h1-8,15-16,22H,9-14,17-18H2/t22-/m1/s1. The minimum Gasteiger partial charge on any atom is -0.379 e. The van der Waals surface area contributed by atoms with E-state index in [4.69, 9.17) is 21.4 Å². The summed E-state index contributed by atoms with van der Waals surface area (Å²) in [6, 6.07) is 15.0. The Kier molecular flexibility index (Phi) is 8.13. The van der Waals surface area contributed by atoms with Crippen molar-refractivity contribution >= 4 is 51.8 Å². The van der Waals surface area contributed by atoms with E-state index in [1.807, 2.05) is 53.2 Å². The van der Waals surface area contributed by atoms with Gasteiger partial charge in [-0.2, -0.15) is 5.10 Å². The fraction of sp³-hybridized carbons (Fsp3) is 0.346. The topological polar surface area (TPSA) is 65.5 Å². The first-order chi connectivity index (χ1) is 17.6. The van der Waals surface area contributed by atoms with E-state index in [9.17, 15) is 9.59 Å². The molecule has 5 rings (SSSR count). The summed E-state index contributed by atoms with van der Waals surface area (Å²) in [5.41, 5.74) is 1.84. The second-order valence-corrected chi connectivity index (χ2v) is 11.0. The van der Waals surface area contributed by atoms with Gasteiger partial charge in [0.05, 0.1) is 34.7 Å². The van der Waals surface area contributed by atoms with E-state index in [2.05, 4.69) is 4.90 Å². The lowest BCUT2D eigenvalue weighted by Crippen LogP contribution is -2.46. The van der Waals surface area contributed by atoms with Crippen LogP contribution in [0.15, 0.2) is 64.4 Å². The second-order valence-electron chi connectivity index (χ2n) is 8.69. The lowest BCUT2D eigenvalue weighted by atomic mass is 10.0. The number of halogens is 1. The molecule has 3 aromatic rings. The first kappa shape index (κ1) is 25.1. The quantitative estimate of drug-likeness (QED) is 0.417. The first-order valence-electron chi connectivity index (χ1n) is 11.9. The van der Waals surface area contributed by atoms with Gasteiger partial charge in [-0.15, -0.1) is 22.7 Å². The average Bonchev–Trinajstić information content (AvgIpc) is 3.69. The molecule has 2 aromatic heterocycles. The van der Waals surface area contributed by atoms with E-state index >= 15 is 0 Å². The predicted molar refractivity (Wildman–Crippen MR) is 144 cm³/mol. The van der Waals surface area contributed by atoms with E-state index in [0.29, 0.717) is 42.6 Å². The van der Waals surface area contributed by atoms with Crippen molar-refractivity contribution in [2.24, 2.45) is 5.10 Å². The van der Waals surface area contributed by atoms with Crippen molar-refractivity contribution in [3.63, 3.8) is 0 Å². The number of hydrazone groups is 1. The number of ether oxygens (including phenoxy) is 1. The van der Waals surface area contributed by atoms with Gasteiger partial charge in [0.25, 0.3) is 11.8 Å². The number of hydrogen-bond acceptors (Lipinski definition) is 7. The van der Waals surface area contributed by atoms with Gasteiger partial charge in [-0.25, -0.2) is 5.01 Å². The number of morpholine rings is 1. The molecular formula is C26H27ClN4O3S2. The Morgan fingerprint density at radius 2 is 1.81 bits per heavy atom. The van der Waals surface area contributed by atoms with Crippen LogP contribution in [0.2, 0.25) is 5.02 Å². The zero-order chi connectivity index (χ0) is 24.9. The molecule has 0 aliphatic carbocycles. The molecule has 4 heterocycles. The molecule has 2 aliphatic heterocycles. The highest BCUT2D eigenvalue weighted by atomic mass is 35.5. The monoisotopic (exact) mass is 542 g/mol. The SMILES string of the molecule is O=C(c1cccs1)N(CCN1CCOCC1)CC(=O)N1N=C(c2cccs2)C[C@@H]1c1ccc(Cl)cc1. The van der Waals surface area contributed by atoms with Crippen LogP contribution in [0.5, 0.6) is 0 Å². The van der Waals surface area contributed by atoms with Crippen molar-refractivity contribution in [3.05, 3.63) is 79.6 Å². The minimum atomic E-state index is -0.246. The molecular weight excluding hydrogens is 516 g/mol. The van der Waals surface area contributed by atoms with Crippen LogP contribution in [-0.2, 0) is 9.53 Å². The van der Waals surface area contributed by atoms with Gasteiger partial charge in [0.1, 0.15) is 6.54 Å². The number of thiophene rings is 2. The van der Waals surface area contributed by atoms with E-state index in [1.54, 1.807) is 27.3 Å². The van der Waals surface area contributed by atoms with Crippen molar-refractivity contribution in [1.82, 2.24) is 14.8 Å². The first-order valence-corrected chi connectivity index (χ1v) is 14.0. The molecule has 1 aromatic carbocycles. The van der Waals surface area contributed by atoms with Crippen LogP contribution < -0.4 is 0 Å². The lowest BCUT2D eigenvalue weighted by molar-refractivity contribution is -0.133. The summed E-state index contributed by atoms with van der Waals surface area (Å²) >= 11 is 9.11. The van der Waals surface area contributed by atoms with Crippen molar-refractivity contribution in [1.29, 1.82) is 0 Å². The molecule has 0 unspecified atom stereocenters. The third-order valence-corrected chi connectivity index (χ3v) is 8.39. The lowest BCUT2D eigenvalue weighted by Gasteiger charge is -2.31. The van der Waals surface area contributed by atoms with E-state index in [-0.39, 0.29) is 24.4 Å². The summed E-state index contributed by atoms with van der Waals surface area (Å²) in [5, 5.41) is 10.8. The highest BCUT2D eigenvalue weighted by Crippen LogP contribution is 2.34. The number of carbonyl (C=O) groups is 2. The fourth-order valence-electron chi connectivity index (χ4n) is 4.41. The maximum Gasteiger partial charge on any atom is 0.264 e. The molecule has 188 valence electrons. The van der Waals surface area contributed by atoms with Crippen LogP contribution in [-0.4, -0.2) is 78.3 Å². The van der Waals surface area contributed by atoms with Gasteiger partial charge in [-0.05, 0) is 40.6 Å². The van der Waals surface area contributed by atoms with Crippen LogP contribution in [0.1, 0.15) is 32.6 Å². The smallest absolute Gasteiger partial charge is 0.264 e. The van der Waals surface area contributed by atoms with Crippen LogP contribution in [0.25, 0.3) is 0 Å². The summed E-state index contributed by atoms with van der Waals surface area (Å²) in [6.45, 7) is 4.15. The largest absolute Gasteiger partial charge is 0.379 e. The molecule has 7 nitrogen and oxygen atoms in total. The Morgan fingerprint density at radius 3 is 2.50 bits per heavy atom. The number of rotatable bonds is 8. The number of nitrogens with zero attached hydrogens (tertiary/aromatic N) is 4. The number of amides is 2. The van der Waals surface area contributed by atoms with Gasteiger partial charge >= 0.3 is 0 Å². The summed E-state index contributed by atoms with van der Waals surface area (Å²) in [5.74, 6) is -0.329. The van der Waals surface area contributed by atoms with Crippen molar-refractivity contribution in [2.45, 2.75) is 12.5 Å². The molecule has 0 spiro atoms. The third-order valence-electron chi connectivity index (χ3n) is 6.36. The fourth-order valence-corrected chi connectivity index (χ4v) is 5.95. The molecule has 0 bridgehead atoms. The number of hydrogen-bond donors (Lipinski definition) is 0. The molecule has 1 saturated heterocycles. The average molecular weight is 543 g/mol. The van der Waals surface area contributed by atoms with E-state index < -0.39 is 0 Å². The van der Waals surface area contributed by atoms with Gasteiger partial charge < -0.3 is 9.64 Å². The van der Waals surface area contributed by atoms with Crippen LogP contribution >= 0.6 is 34.3 Å². The zero-order valence-electron chi connectivity index (χ0n) is 19.7. The van der Waals surface area contributed by atoms with Crippen molar-refractivity contribution in [2.75, 3.05) is 45.9 Å². The molecule has 2 aliphatic rings. The van der Waals surface area contributed by atoms with Crippen LogP contribution in [0, 0.1) is 0 Å². The van der Waals surface area contributed by atoms with Gasteiger partial charge in [-0.1, -0.05) is 35.9 Å². The Bertz CT molecular complexity index is 1190. The number of carbonyl (C=O) groups excluding carboxylic acids is 2. The zero-order valence-corrected chi connectivity index (χ0v) is 22.1. The molecule has 0 radical (unpaired) electrons. The molecule has 2 amide bonds. The molecule has 0 N–H and O–H groups in total. The molecule has 1 fully saturated rings. The van der Waals surface area contributed by atoms with Crippen molar-refractivity contribution in [3.8, 4) is 0 Å². The van der Waals surface area contributed by atoms with Gasteiger partial charge in [0, 0.05) is 37.6 Å². The summed E-state index contributed by atoms with van der Waals surface area (Å²) in [4.78, 5) is 32.7. The van der Waals surface area contributed by atoms with E-state index in [1.165, 1.54) is 11.3 Å². The maximum absolute atomic E-state index is 13.7. The van der Waals surface area contributed by atoms with Crippen LogP contribution in [0.4, 0.5) is 0 Å². The summed E-state index contributed by atoms with van der Waals surface area (Å²) in [6.07, 6.45) is 0.612. The maximum atomic E-state index is 13.7. The molecule has 36 heavy (non-hydrogen) atoms. The van der Waals surface area contributed by atoms with Gasteiger partial charge in [0.2, 0.25) is 0 Å². The molecule has 10 heteroatoms. The van der Waals surface area contributed by atoms with Crippen LogP contribution in [0.3, 0.4) is 0 Å². The third kappa shape index (κ3) is 5.87. The normalized spacial score (nSPS) is 18.3. The number of benzene rings is 1. The predicted octanol–water partition coefficient (Wildman–Crippen LogP) is 4.62. The minimum absolute atomic E-state index is 0.0353. The molecule has 0 saturated carbocycles.